The third-order valence-corrected chi connectivity index (χ3v) is 4.07. The van der Waals surface area contributed by atoms with E-state index in [1.807, 2.05) is 0 Å². The van der Waals surface area contributed by atoms with Gasteiger partial charge in [-0.1, -0.05) is 0 Å². The van der Waals surface area contributed by atoms with Gasteiger partial charge in [-0.2, -0.15) is 5.10 Å². The zero-order valence-electron chi connectivity index (χ0n) is 11.9. The summed E-state index contributed by atoms with van der Waals surface area (Å²) in [6.07, 6.45) is 2.85. The van der Waals surface area contributed by atoms with E-state index >= 15 is 0 Å². The second-order valence-corrected chi connectivity index (χ2v) is 5.25. The van der Waals surface area contributed by atoms with Crippen LogP contribution in [0.5, 0.6) is 0 Å². The molecule has 19 heavy (non-hydrogen) atoms. The molecule has 3 heterocycles. The molecule has 0 spiro atoms. The number of fused-ring (bicyclic) bond motifs is 1. The fourth-order valence-electron chi connectivity index (χ4n) is 2.90. The Morgan fingerprint density at radius 1 is 1.37 bits per heavy atom. The number of imidazole rings is 1. The van der Waals surface area contributed by atoms with Crippen LogP contribution in [0.2, 0.25) is 0 Å². The number of aromatic nitrogens is 4. The first kappa shape index (κ1) is 12.4. The Morgan fingerprint density at radius 3 is 2.95 bits per heavy atom. The van der Waals surface area contributed by atoms with Crippen molar-refractivity contribution in [3.8, 4) is 0 Å². The maximum atomic E-state index is 4.60. The molecule has 0 radical (unpaired) electrons. The van der Waals surface area contributed by atoms with E-state index in [2.05, 4.69) is 45.4 Å². The quantitative estimate of drug-likeness (QED) is 0.914. The highest BCUT2D eigenvalue weighted by atomic mass is 15.3. The Kier molecular flexibility index (Phi) is 3.14. The Labute approximate surface area is 113 Å². The van der Waals surface area contributed by atoms with E-state index in [4.69, 9.17) is 0 Å². The molecule has 0 bridgehead atoms. The lowest BCUT2D eigenvalue weighted by Gasteiger charge is -2.26. The fourth-order valence-corrected chi connectivity index (χ4v) is 2.90. The zero-order chi connectivity index (χ0) is 13.4. The van der Waals surface area contributed by atoms with E-state index in [0.29, 0.717) is 0 Å². The number of H-pyrrole nitrogens is 1. The average molecular weight is 259 g/mol. The van der Waals surface area contributed by atoms with Crippen LogP contribution in [0.15, 0.2) is 6.33 Å². The number of aryl methyl sites for hydroxylation is 2. The second kappa shape index (κ2) is 4.81. The predicted molar refractivity (Wildman–Crippen MR) is 73.8 cm³/mol. The van der Waals surface area contributed by atoms with E-state index in [0.717, 1.165) is 38.3 Å². The van der Waals surface area contributed by atoms with Crippen molar-refractivity contribution in [1.29, 1.82) is 0 Å². The summed E-state index contributed by atoms with van der Waals surface area (Å²) in [6, 6.07) is 0. The van der Waals surface area contributed by atoms with Crippen molar-refractivity contribution in [3.05, 3.63) is 34.7 Å². The third-order valence-electron chi connectivity index (χ3n) is 4.07. The van der Waals surface area contributed by atoms with Crippen LogP contribution < -0.4 is 0 Å². The molecule has 1 N–H and O–H groups in total. The minimum atomic E-state index is 0.942. The highest BCUT2D eigenvalue weighted by Gasteiger charge is 2.20. The van der Waals surface area contributed by atoms with Gasteiger partial charge in [0.05, 0.1) is 23.4 Å². The molecular weight excluding hydrogens is 238 g/mol. The van der Waals surface area contributed by atoms with Gasteiger partial charge in [-0.05, 0) is 20.8 Å². The molecule has 0 amide bonds. The molecule has 1 aliphatic heterocycles. The number of hydrogen-bond acceptors (Lipinski definition) is 3. The van der Waals surface area contributed by atoms with Crippen LogP contribution in [0, 0.1) is 13.8 Å². The first-order valence-electron chi connectivity index (χ1n) is 6.95. The molecule has 2 aromatic heterocycles. The lowest BCUT2D eigenvalue weighted by molar-refractivity contribution is 0.240. The van der Waals surface area contributed by atoms with Crippen LogP contribution in [0.3, 0.4) is 0 Å². The van der Waals surface area contributed by atoms with E-state index < -0.39 is 0 Å². The molecule has 0 aromatic carbocycles. The van der Waals surface area contributed by atoms with E-state index in [1.165, 1.54) is 22.6 Å². The minimum absolute atomic E-state index is 0.942. The molecule has 0 fully saturated rings. The van der Waals surface area contributed by atoms with Crippen molar-refractivity contribution < 1.29 is 0 Å². The van der Waals surface area contributed by atoms with Crippen LogP contribution >= 0.6 is 0 Å². The lowest BCUT2D eigenvalue weighted by Crippen LogP contribution is -2.30. The number of rotatable bonds is 3. The molecule has 0 saturated heterocycles. The van der Waals surface area contributed by atoms with Gasteiger partial charge in [-0.15, -0.1) is 0 Å². The summed E-state index contributed by atoms with van der Waals surface area (Å²) in [5.41, 5.74) is 6.34. The first-order chi connectivity index (χ1) is 9.19. The topological polar surface area (TPSA) is 49.7 Å². The lowest BCUT2D eigenvalue weighted by atomic mass is 10.1. The van der Waals surface area contributed by atoms with Crippen LogP contribution in [-0.4, -0.2) is 31.2 Å². The third kappa shape index (κ3) is 2.18. The largest absolute Gasteiger partial charge is 0.347 e. The average Bonchev–Trinajstić information content (AvgIpc) is 2.97. The molecule has 5 heteroatoms. The molecule has 0 unspecified atom stereocenters. The SMILES string of the molecule is CCn1nc(C)c(CN2CCc3nc[nH]c3C2)c1C. The smallest absolute Gasteiger partial charge is 0.0925 e. The van der Waals surface area contributed by atoms with Crippen LogP contribution in [-0.2, 0) is 26.1 Å². The maximum Gasteiger partial charge on any atom is 0.0925 e. The van der Waals surface area contributed by atoms with Crippen molar-refractivity contribution in [1.82, 2.24) is 24.6 Å². The van der Waals surface area contributed by atoms with Crippen molar-refractivity contribution in [3.63, 3.8) is 0 Å². The Bertz CT molecular complexity index is 581. The van der Waals surface area contributed by atoms with Crippen molar-refractivity contribution in [2.45, 2.75) is 46.8 Å². The monoisotopic (exact) mass is 259 g/mol. The van der Waals surface area contributed by atoms with Gasteiger partial charge >= 0.3 is 0 Å². The molecule has 102 valence electrons. The highest BCUT2D eigenvalue weighted by molar-refractivity contribution is 5.25. The Balaban J connectivity index is 1.78. The van der Waals surface area contributed by atoms with Crippen LogP contribution in [0.4, 0.5) is 0 Å². The second-order valence-electron chi connectivity index (χ2n) is 5.25. The van der Waals surface area contributed by atoms with Gasteiger partial charge in [0.2, 0.25) is 0 Å². The first-order valence-corrected chi connectivity index (χ1v) is 6.95. The molecule has 2 aromatic rings. The molecular formula is C14H21N5. The highest BCUT2D eigenvalue weighted by Crippen LogP contribution is 2.20. The molecule has 5 nitrogen and oxygen atoms in total. The number of hydrogen-bond donors (Lipinski definition) is 1. The van der Waals surface area contributed by atoms with Gasteiger partial charge < -0.3 is 4.98 Å². The molecule has 0 saturated carbocycles. The van der Waals surface area contributed by atoms with Gasteiger partial charge in [0.1, 0.15) is 0 Å². The minimum Gasteiger partial charge on any atom is -0.347 e. The molecule has 0 aliphatic carbocycles. The summed E-state index contributed by atoms with van der Waals surface area (Å²) in [7, 11) is 0. The van der Waals surface area contributed by atoms with Crippen molar-refractivity contribution in [2.75, 3.05) is 6.54 Å². The molecule has 0 atom stereocenters. The summed E-state index contributed by atoms with van der Waals surface area (Å²) in [5, 5.41) is 4.60. The number of aromatic amines is 1. The van der Waals surface area contributed by atoms with Crippen LogP contribution in [0.25, 0.3) is 0 Å². The zero-order valence-corrected chi connectivity index (χ0v) is 11.9. The maximum absolute atomic E-state index is 4.60. The van der Waals surface area contributed by atoms with E-state index in [9.17, 15) is 0 Å². The van der Waals surface area contributed by atoms with Gasteiger partial charge in [0, 0.05) is 43.9 Å². The summed E-state index contributed by atoms with van der Waals surface area (Å²) in [5.74, 6) is 0. The van der Waals surface area contributed by atoms with Gasteiger partial charge in [-0.3, -0.25) is 9.58 Å². The Hall–Kier alpha value is -1.62. The molecule has 1 aliphatic rings. The summed E-state index contributed by atoms with van der Waals surface area (Å²) >= 11 is 0. The fraction of sp³-hybridized carbons (Fsp3) is 0.571. The summed E-state index contributed by atoms with van der Waals surface area (Å²) in [6.45, 7) is 10.4. The standard InChI is InChI=1S/C14H21N5/c1-4-19-11(3)12(10(2)17-19)7-18-6-5-13-14(8-18)16-9-15-13/h9H,4-8H2,1-3H3,(H,15,16). The molecule has 3 rings (SSSR count). The van der Waals surface area contributed by atoms with Crippen molar-refractivity contribution >= 4 is 0 Å². The van der Waals surface area contributed by atoms with E-state index in [-0.39, 0.29) is 0 Å². The van der Waals surface area contributed by atoms with Crippen LogP contribution in [0.1, 0.15) is 35.3 Å². The van der Waals surface area contributed by atoms with Gasteiger partial charge in [0.25, 0.3) is 0 Å². The summed E-state index contributed by atoms with van der Waals surface area (Å²) in [4.78, 5) is 10.1. The van der Waals surface area contributed by atoms with Crippen molar-refractivity contribution in [2.24, 2.45) is 0 Å². The Morgan fingerprint density at radius 2 is 2.21 bits per heavy atom. The predicted octanol–water partition coefficient (Wildman–Crippen LogP) is 1.80. The number of nitrogens with zero attached hydrogens (tertiary/aromatic N) is 4. The van der Waals surface area contributed by atoms with E-state index in [1.54, 1.807) is 6.33 Å². The normalized spacial score (nSPS) is 15.7. The van der Waals surface area contributed by atoms with Gasteiger partial charge in [0.15, 0.2) is 0 Å². The van der Waals surface area contributed by atoms with Gasteiger partial charge in [-0.25, -0.2) is 4.98 Å². The summed E-state index contributed by atoms with van der Waals surface area (Å²) < 4.78 is 2.09. The number of nitrogens with one attached hydrogen (secondary N) is 1.